The summed E-state index contributed by atoms with van der Waals surface area (Å²) in [5.41, 5.74) is 0.797. The summed E-state index contributed by atoms with van der Waals surface area (Å²) in [5, 5.41) is 5.16. The second kappa shape index (κ2) is 5.90. The van der Waals surface area contributed by atoms with Crippen LogP contribution in [-0.4, -0.2) is 56.2 Å². The minimum Gasteiger partial charge on any atom is -0.344 e. The Morgan fingerprint density at radius 2 is 2.14 bits per heavy atom. The van der Waals surface area contributed by atoms with E-state index in [0.29, 0.717) is 0 Å². The topological polar surface area (TPSA) is 67.2 Å². The molecule has 3 rings (SSSR count). The number of hydrogen-bond donors (Lipinski definition) is 0. The van der Waals surface area contributed by atoms with E-state index < -0.39 is 0 Å². The van der Waals surface area contributed by atoms with Crippen LogP contribution in [0.4, 0.5) is 5.82 Å². The second-order valence-electron chi connectivity index (χ2n) is 5.56. The summed E-state index contributed by atoms with van der Waals surface area (Å²) >= 11 is 0. The van der Waals surface area contributed by atoms with Crippen LogP contribution in [0.2, 0.25) is 0 Å². The number of amides is 1. The highest BCUT2D eigenvalue weighted by molar-refractivity contribution is 5.91. The zero-order valence-corrected chi connectivity index (χ0v) is 13.4. The molecule has 0 aliphatic carbocycles. The number of rotatable bonds is 4. The number of carbonyl (C=O) groups is 1. The number of fused-ring (bicyclic) bond motifs is 1. The van der Waals surface area contributed by atoms with Crippen LogP contribution in [0.5, 0.6) is 0 Å². The highest BCUT2D eigenvalue weighted by Gasteiger charge is 2.34. The van der Waals surface area contributed by atoms with Gasteiger partial charge in [0.05, 0.1) is 11.6 Å². The maximum Gasteiger partial charge on any atom is 0.245 e. The SMILES string of the molecule is CCN(CC)C(=O)[C@@H]1CCCN1c1ncnc2c1cnn2C. The summed E-state index contributed by atoms with van der Waals surface area (Å²) in [6.45, 7) is 6.37. The maximum atomic E-state index is 12.8. The van der Waals surface area contributed by atoms with Gasteiger partial charge < -0.3 is 9.80 Å². The fourth-order valence-electron chi connectivity index (χ4n) is 3.20. The van der Waals surface area contributed by atoms with Crippen molar-refractivity contribution in [3.8, 4) is 0 Å². The molecule has 1 amide bonds. The summed E-state index contributed by atoms with van der Waals surface area (Å²) < 4.78 is 1.73. The molecule has 2 aromatic rings. The fourth-order valence-corrected chi connectivity index (χ4v) is 3.20. The van der Waals surface area contributed by atoms with Crippen LogP contribution in [0.15, 0.2) is 12.5 Å². The monoisotopic (exact) mass is 302 g/mol. The van der Waals surface area contributed by atoms with Crippen LogP contribution in [0, 0.1) is 0 Å². The first-order valence-corrected chi connectivity index (χ1v) is 7.85. The Labute approximate surface area is 129 Å². The number of aromatic nitrogens is 4. The molecule has 2 aromatic heterocycles. The van der Waals surface area contributed by atoms with Crippen LogP contribution < -0.4 is 4.90 Å². The van der Waals surface area contributed by atoms with Crippen molar-refractivity contribution in [1.82, 2.24) is 24.6 Å². The smallest absolute Gasteiger partial charge is 0.245 e. The molecule has 0 spiro atoms. The van der Waals surface area contributed by atoms with E-state index in [-0.39, 0.29) is 11.9 Å². The minimum atomic E-state index is -0.127. The molecule has 1 aliphatic rings. The Bertz CT molecular complexity index is 678. The van der Waals surface area contributed by atoms with Gasteiger partial charge in [-0.3, -0.25) is 9.48 Å². The van der Waals surface area contributed by atoms with E-state index in [2.05, 4.69) is 20.0 Å². The molecule has 0 N–H and O–H groups in total. The molecule has 7 heteroatoms. The van der Waals surface area contributed by atoms with Gasteiger partial charge in [-0.15, -0.1) is 0 Å². The van der Waals surface area contributed by atoms with Crippen LogP contribution in [0.3, 0.4) is 0 Å². The van der Waals surface area contributed by atoms with Crippen molar-refractivity contribution in [2.24, 2.45) is 7.05 Å². The van der Waals surface area contributed by atoms with Gasteiger partial charge in [-0.2, -0.15) is 5.10 Å². The summed E-state index contributed by atoms with van der Waals surface area (Å²) in [6, 6.07) is -0.127. The highest BCUT2D eigenvalue weighted by atomic mass is 16.2. The largest absolute Gasteiger partial charge is 0.344 e. The average Bonchev–Trinajstić information content (AvgIpc) is 3.15. The number of nitrogens with zero attached hydrogens (tertiary/aromatic N) is 6. The maximum absolute atomic E-state index is 12.8. The summed E-state index contributed by atoms with van der Waals surface area (Å²) in [5.74, 6) is 1.01. The Balaban J connectivity index is 1.97. The molecule has 0 saturated carbocycles. The number of aryl methyl sites for hydroxylation is 1. The summed E-state index contributed by atoms with van der Waals surface area (Å²) in [7, 11) is 1.86. The third-order valence-corrected chi connectivity index (χ3v) is 4.39. The van der Waals surface area contributed by atoms with Crippen molar-refractivity contribution in [2.45, 2.75) is 32.7 Å². The van der Waals surface area contributed by atoms with Crippen molar-refractivity contribution < 1.29 is 4.79 Å². The Morgan fingerprint density at radius 3 is 2.86 bits per heavy atom. The molecular weight excluding hydrogens is 280 g/mol. The third kappa shape index (κ3) is 2.30. The predicted molar refractivity (Wildman–Crippen MR) is 84.6 cm³/mol. The molecule has 118 valence electrons. The lowest BCUT2D eigenvalue weighted by Gasteiger charge is -2.29. The van der Waals surface area contributed by atoms with E-state index >= 15 is 0 Å². The van der Waals surface area contributed by atoms with Gasteiger partial charge in [0, 0.05) is 26.7 Å². The normalized spacial score (nSPS) is 18.1. The van der Waals surface area contributed by atoms with Crippen LogP contribution in [0.1, 0.15) is 26.7 Å². The minimum absolute atomic E-state index is 0.127. The van der Waals surface area contributed by atoms with Crippen molar-refractivity contribution >= 4 is 22.8 Å². The zero-order chi connectivity index (χ0) is 15.7. The van der Waals surface area contributed by atoms with E-state index in [1.807, 2.05) is 25.8 Å². The Hall–Kier alpha value is -2.18. The molecule has 0 aromatic carbocycles. The first-order chi connectivity index (χ1) is 10.7. The zero-order valence-electron chi connectivity index (χ0n) is 13.4. The summed E-state index contributed by atoms with van der Waals surface area (Å²) in [4.78, 5) is 25.5. The first-order valence-electron chi connectivity index (χ1n) is 7.85. The van der Waals surface area contributed by atoms with Gasteiger partial charge in [-0.25, -0.2) is 9.97 Å². The van der Waals surface area contributed by atoms with Gasteiger partial charge in [-0.05, 0) is 26.7 Å². The summed E-state index contributed by atoms with van der Waals surface area (Å²) in [6.07, 6.45) is 5.21. The first kappa shape index (κ1) is 14.7. The lowest BCUT2D eigenvalue weighted by molar-refractivity contribution is -0.132. The number of hydrogen-bond acceptors (Lipinski definition) is 5. The average molecular weight is 302 g/mol. The fraction of sp³-hybridized carbons (Fsp3) is 0.600. The molecule has 1 atom stereocenters. The van der Waals surface area contributed by atoms with Crippen molar-refractivity contribution in [3.05, 3.63) is 12.5 Å². The molecule has 1 saturated heterocycles. The van der Waals surface area contributed by atoms with Crippen LogP contribution >= 0.6 is 0 Å². The predicted octanol–water partition coefficient (Wildman–Crippen LogP) is 1.20. The lowest BCUT2D eigenvalue weighted by Crippen LogP contribution is -2.46. The standard InChI is InChI=1S/C15H22N6O/c1-4-20(5-2)15(22)12-7-6-8-21(12)14-11-9-18-19(3)13(11)16-10-17-14/h9-10,12H,4-8H2,1-3H3/t12-/m0/s1. The van der Waals surface area contributed by atoms with E-state index in [0.717, 1.165) is 49.3 Å². The number of anilines is 1. The third-order valence-electron chi connectivity index (χ3n) is 4.39. The van der Waals surface area contributed by atoms with Gasteiger partial charge in [0.25, 0.3) is 0 Å². The Morgan fingerprint density at radius 1 is 1.36 bits per heavy atom. The molecule has 0 unspecified atom stereocenters. The van der Waals surface area contributed by atoms with Gasteiger partial charge in [-0.1, -0.05) is 0 Å². The van der Waals surface area contributed by atoms with Gasteiger partial charge in [0.15, 0.2) is 5.65 Å². The van der Waals surface area contributed by atoms with Gasteiger partial charge in [0.1, 0.15) is 18.2 Å². The molecule has 0 radical (unpaired) electrons. The molecular formula is C15H22N6O. The van der Waals surface area contributed by atoms with E-state index in [9.17, 15) is 4.79 Å². The highest BCUT2D eigenvalue weighted by Crippen LogP contribution is 2.30. The molecule has 1 fully saturated rings. The van der Waals surface area contributed by atoms with Crippen molar-refractivity contribution in [1.29, 1.82) is 0 Å². The second-order valence-corrected chi connectivity index (χ2v) is 5.56. The lowest BCUT2D eigenvalue weighted by atomic mass is 10.2. The van der Waals surface area contributed by atoms with Crippen molar-refractivity contribution in [2.75, 3.05) is 24.5 Å². The van der Waals surface area contributed by atoms with Crippen LogP contribution in [-0.2, 0) is 11.8 Å². The van der Waals surface area contributed by atoms with E-state index in [1.54, 1.807) is 17.2 Å². The van der Waals surface area contributed by atoms with Crippen LogP contribution in [0.25, 0.3) is 11.0 Å². The van der Waals surface area contributed by atoms with E-state index in [1.165, 1.54) is 0 Å². The van der Waals surface area contributed by atoms with Gasteiger partial charge >= 0.3 is 0 Å². The van der Waals surface area contributed by atoms with Crippen molar-refractivity contribution in [3.63, 3.8) is 0 Å². The number of likely N-dealkylation sites (N-methyl/N-ethyl adjacent to an activating group) is 1. The van der Waals surface area contributed by atoms with Gasteiger partial charge in [0.2, 0.25) is 5.91 Å². The van der Waals surface area contributed by atoms with E-state index in [4.69, 9.17) is 0 Å². The molecule has 1 aliphatic heterocycles. The molecule has 7 nitrogen and oxygen atoms in total. The molecule has 22 heavy (non-hydrogen) atoms. The quantitative estimate of drug-likeness (QED) is 0.849. The Kier molecular flexibility index (Phi) is 3.96. The molecule has 3 heterocycles. The number of carbonyl (C=O) groups excluding carboxylic acids is 1. The molecule has 0 bridgehead atoms.